The van der Waals surface area contributed by atoms with Gasteiger partial charge in [-0.1, -0.05) is 37.0 Å². The van der Waals surface area contributed by atoms with Gasteiger partial charge in [0.25, 0.3) is 5.56 Å². The Labute approximate surface area is 229 Å². The predicted molar refractivity (Wildman–Crippen MR) is 135 cm³/mol. The first kappa shape index (κ1) is 28.2. The number of aromatic amines is 1. The van der Waals surface area contributed by atoms with Crippen LogP contribution < -0.4 is 15.8 Å². The Morgan fingerprint density at radius 3 is 2.62 bits per heavy atom. The molecule has 0 aliphatic carbocycles. The molecule has 0 bridgehead atoms. The average Bonchev–Trinajstić information content (AvgIpc) is 3.15. The Kier molecular flexibility index (Phi) is 9.06. The van der Waals surface area contributed by atoms with Crippen LogP contribution in [0, 0.1) is 23.6 Å². The lowest BCUT2D eigenvalue weighted by atomic mass is 9.96. The van der Waals surface area contributed by atoms with E-state index in [1.807, 2.05) is 0 Å². The van der Waals surface area contributed by atoms with E-state index >= 15 is 4.39 Å². The van der Waals surface area contributed by atoms with Gasteiger partial charge in [0.2, 0.25) is 11.5 Å². The lowest BCUT2D eigenvalue weighted by Crippen LogP contribution is -2.45. The standard InChI is InChI=1S/C25H28F3N2O9P/c1-15(2)37-22(33)16(3)14-40(35,39-17-8-5-4-6-9-17)36-13-19-20(31)25(28,10-7-11-26)23(38-19)30-12-18(27)21(32)29-24(30)34/h4-6,8-9,12,15-16,19-20,23,31H,11,13-14H2,1-3H3,(H,29,32,34)/t16-,19-,20+,23-,25?,40+/m1/s1/i13D2. The van der Waals surface area contributed by atoms with E-state index < -0.39 is 86.2 Å². The molecule has 218 valence electrons. The monoisotopic (exact) mass is 590 g/mol. The molecule has 40 heavy (non-hydrogen) atoms. The molecule has 0 radical (unpaired) electrons. The number of alkyl halides is 2. The van der Waals surface area contributed by atoms with Gasteiger partial charge in [0.1, 0.15) is 24.6 Å². The Balaban J connectivity index is 2.03. The molecule has 11 nitrogen and oxygen atoms in total. The number of halogens is 3. The number of ether oxygens (including phenoxy) is 2. The van der Waals surface area contributed by atoms with Crippen molar-refractivity contribution in [3.05, 3.63) is 63.2 Å². The van der Waals surface area contributed by atoms with E-state index in [2.05, 4.69) is 0 Å². The number of H-pyrrole nitrogens is 1. The van der Waals surface area contributed by atoms with Gasteiger partial charge in [-0.3, -0.25) is 23.7 Å². The molecule has 3 rings (SSSR count). The van der Waals surface area contributed by atoms with E-state index in [9.17, 15) is 32.8 Å². The highest BCUT2D eigenvalue weighted by Crippen LogP contribution is 2.51. The lowest BCUT2D eigenvalue weighted by molar-refractivity contribution is -0.151. The number of nitrogens with one attached hydrogen (secondary N) is 1. The summed E-state index contributed by atoms with van der Waals surface area (Å²) >= 11 is 0. The molecule has 2 N–H and O–H groups in total. The molecule has 1 unspecified atom stereocenters. The van der Waals surface area contributed by atoms with E-state index in [-0.39, 0.29) is 16.5 Å². The minimum Gasteiger partial charge on any atom is -0.463 e. The summed E-state index contributed by atoms with van der Waals surface area (Å²) in [5.74, 6) is -0.192. The van der Waals surface area contributed by atoms with Gasteiger partial charge >= 0.3 is 19.3 Å². The molecular weight excluding hydrogens is 560 g/mol. The molecule has 1 aliphatic heterocycles. The number of carbonyl (C=O) groups is 1. The third kappa shape index (κ3) is 7.22. The van der Waals surface area contributed by atoms with Crippen molar-refractivity contribution in [3.63, 3.8) is 0 Å². The Hall–Kier alpha value is -3.37. The number of carbonyl (C=O) groups excluding carboxylic acids is 1. The van der Waals surface area contributed by atoms with Gasteiger partial charge in [0.15, 0.2) is 6.23 Å². The Morgan fingerprint density at radius 1 is 1.32 bits per heavy atom. The zero-order valence-corrected chi connectivity index (χ0v) is 22.4. The number of aliphatic hydroxyl groups excluding tert-OH is 1. The number of hydrogen-bond donors (Lipinski definition) is 2. The second-order valence-electron chi connectivity index (χ2n) is 8.99. The third-order valence-corrected chi connectivity index (χ3v) is 7.29. The number of rotatable bonds is 10. The molecule has 2 heterocycles. The van der Waals surface area contributed by atoms with Crippen molar-refractivity contribution in [2.24, 2.45) is 5.92 Å². The zero-order chi connectivity index (χ0) is 31.5. The largest absolute Gasteiger partial charge is 0.463 e. The van der Waals surface area contributed by atoms with E-state index in [4.69, 9.17) is 21.3 Å². The van der Waals surface area contributed by atoms with Crippen molar-refractivity contribution < 1.29 is 48.9 Å². The highest BCUT2D eigenvalue weighted by molar-refractivity contribution is 7.54. The minimum absolute atomic E-state index is 0.0595. The molecule has 0 amide bonds. The normalized spacial score (nSPS) is 25.6. The fraction of sp³-hybridized carbons (Fsp3) is 0.480. The summed E-state index contributed by atoms with van der Waals surface area (Å²) in [5.41, 5.74) is -6.37. The fourth-order valence-electron chi connectivity index (χ4n) is 3.60. The Bertz CT molecular complexity index is 1510. The smallest absolute Gasteiger partial charge is 0.380 e. The summed E-state index contributed by atoms with van der Waals surface area (Å²) < 4.78 is 95.1. The molecule has 0 saturated carbocycles. The van der Waals surface area contributed by atoms with Crippen LogP contribution in [0.25, 0.3) is 0 Å². The summed E-state index contributed by atoms with van der Waals surface area (Å²) in [6.07, 6.45) is -8.60. The number of esters is 1. The van der Waals surface area contributed by atoms with Crippen LogP contribution in [0.5, 0.6) is 5.75 Å². The summed E-state index contributed by atoms with van der Waals surface area (Å²) in [4.78, 5) is 37.8. The van der Waals surface area contributed by atoms with Crippen molar-refractivity contribution in [1.82, 2.24) is 9.55 Å². The molecule has 1 aromatic carbocycles. The topological polar surface area (TPSA) is 146 Å². The van der Waals surface area contributed by atoms with Crippen LogP contribution in [0.15, 0.2) is 46.1 Å². The van der Waals surface area contributed by atoms with Crippen LogP contribution in [-0.2, 0) is 23.4 Å². The highest BCUT2D eigenvalue weighted by atomic mass is 31.2. The summed E-state index contributed by atoms with van der Waals surface area (Å²) in [5, 5.41) is 10.8. The van der Waals surface area contributed by atoms with Gasteiger partial charge in [-0.2, -0.15) is 4.39 Å². The maximum absolute atomic E-state index is 16.2. The van der Waals surface area contributed by atoms with Gasteiger partial charge in [-0.15, -0.1) is 0 Å². The molecule has 1 aliphatic rings. The van der Waals surface area contributed by atoms with Crippen molar-refractivity contribution in [2.75, 3.05) is 19.4 Å². The molecule has 0 spiro atoms. The third-order valence-electron chi connectivity index (χ3n) is 5.42. The average molecular weight is 590 g/mol. The highest BCUT2D eigenvalue weighted by Gasteiger charge is 2.58. The summed E-state index contributed by atoms with van der Waals surface area (Å²) in [7, 11) is -4.74. The first-order valence-corrected chi connectivity index (χ1v) is 13.6. The molecule has 2 aromatic rings. The number of aromatic nitrogens is 2. The molecule has 15 heteroatoms. The van der Waals surface area contributed by atoms with Crippen LogP contribution in [0.3, 0.4) is 0 Å². The summed E-state index contributed by atoms with van der Waals surface area (Å²) in [6.45, 7) is -0.386. The maximum Gasteiger partial charge on any atom is 0.380 e. The quantitative estimate of drug-likeness (QED) is 0.242. The number of para-hydroxylation sites is 1. The number of aliphatic hydroxyl groups is 1. The molecule has 1 fully saturated rings. The number of hydrogen-bond acceptors (Lipinski definition) is 9. The zero-order valence-electron chi connectivity index (χ0n) is 23.5. The van der Waals surface area contributed by atoms with Crippen LogP contribution >= 0.6 is 7.60 Å². The minimum atomic E-state index is -4.74. The van der Waals surface area contributed by atoms with E-state index in [1.54, 1.807) is 36.7 Å². The maximum atomic E-state index is 16.2. The Morgan fingerprint density at radius 2 is 2.00 bits per heavy atom. The van der Waals surface area contributed by atoms with E-state index in [0.29, 0.717) is 0 Å². The first-order chi connectivity index (χ1) is 19.5. The fourth-order valence-corrected chi connectivity index (χ4v) is 5.32. The van der Waals surface area contributed by atoms with Crippen molar-refractivity contribution >= 4 is 13.6 Å². The van der Waals surface area contributed by atoms with Crippen LogP contribution in [0.2, 0.25) is 0 Å². The molecule has 1 aromatic heterocycles. The second kappa shape index (κ2) is 12.9. The first-order valence-electron chi connectivity index (χ1n) is 12.9. The molecular formula is C25H28F3N2O9P. The van der Waals surface area contributed by atoms with Crippen molar-refractivity contribution in [3.8, 4) is 17.6 Å². The van der Waals surface area contributed by atoms with Gasteiger partial charge in [0, 0.05) is 0 Å². The lowest BCUT2D eigenvalue weighted by Gasteiger charge is -2.25. The molecule has 6 atom stereocenters. The van der Waals surface area contributed by atoms with Gasteiger partial charge < -0.3 is 19.1 Å². The number of benzene rings is 1. The van der Waals surface area contributed by atoms with E-state index in [0.717, 1.165) is 0 Å². The van der Waals surface area contributed by atoms with Gasteiger partial charge in [-0.25, -0.2) is 18.1 Å². The number of nitrogens with zero attached hydrogens (tertiary/aromatic N) is 1. The van der Waals surface area contributed by atoms with E-state index in [1.165, 1.54) is 31.2 Å². The molecule has 1 saturated heterocycles. The van der Waals surface area contributed by atoms with Crippen molar-refractivity contribution in [1.29, 1.82) is 0 Å². The SMILES string of the molecule is [2H]C([2H])(O[P@@](=O)(C[C@@H](C)C(=O)OC(C)C)Oc1ccccc1)[C@H]1O[C@@H](n2cc(F)c(=O)[nH]c2=O)C(F)(C#CCF)[C@H]1O. The van der Waals surface area contributed by atoms with Crippen molar-refractivity contribution in [2.45, 2.75) is 51.0 Å². The van der Waals surface area contributed by atoms with Crippen LogP contribution in [0.4, 0.5) is 13.2 Å². The predicted octanol–water partition coefficient (Wildman–Crippen LogP) is 2.49. The van der Waals surface area contributed by atoms with Crippen LogP contribution in [0.1, 0.15) is 29.7 Å². The van der Waals surface area contributed by atoms with Gasteiger partial charge in [-0.05, 0) is 26.0 Å². The summed E-state index contributed by atoms with van der Waals surface area (Å²) in [6, 6.07) is 7.32. The second-order valence-corrected chi connectivity index (χ2v) is 10.9. The van der Waals surface area contributed by atoms with Gasteiger partial charge in [0.05, 0.1) is 33.7 Å². The van der Waals surface area contributed by atoms with Crippen LogP contribution in [-0.4, -0.2) is 64.0 Å².